The Morgan fingerprint density at radius 1 is 1.36 bits per heavy atom. The number of alkyl halides is 2. The average Bonchev–Trinajstić information content (AvgIpc) is 2.16. The number of carbonyl (C=O) groups is 1. The maximum atomic E-state index is 12.6. The highest BCUT2D eigenvalue weighted by atomic mass is 19.3. The van der Waals surface area contributed by atoms with E-state index in [0.29, 0.717) is 13.1 Å². The number of hydrazine groups is 1. The number of rotatable bonds is 4. The molecule has 1 aliphatic rings. The van der Waals surface area contributed by atoms with Crippen molar-refractivity contribution in [1.82, 2.24) is 10.4 Å². The van der Waals surface area contributed by atoms with Gasteiger partial charge in [0.25, 0.3) is 0 Å². The van der Waals surface area contributed by atoms with Gasteiger partial charge in [-0.2, -0.15) is 8.78 Å². The number of nitrogens with zero attached hydrogens (tertiary/aromatic N) is 1. The van der Waals surface area contributed by atoms with E-state index >= 15 is 0 Å². The summed E-state index contributed by atoms with van der Waals surface area (Å²) in [5.74, 6) is -5.76. The molecule has 0 saturated carbocycles. The maximum Gasteiger partial charge on any atom is 0.376 e. The van der Waals surface area contributed by atoms with E-state index < -0.39 is 18.4 Å². The highest BCUT2D eigenvalue weighted by molar-refractivity contribution is 5.75. The number of halogens is 2. The summed E-state index contributed by atoms with van der Waals surface area (Å²) in [7, 11) is 0. The van der Waals surface area contributed by atoms with Crippen molar-refractivity contribution in [2.45, 2.75) is 25.2 Å². The first-order valence-corrected chi connectivity index (χ1v) is 4.62. The van der Waals surface area contributed by atoms with Gasteiger partial charge in [-0.1, -0.05) is 6.42 Å². The molecule has 0 aromatic carbocycles. The predicted molar refractivity (Wildman–Crippen MR) is 46.0 cm³/mol. The summed E-state index contributed by atoms with van der Waals surface area (Å²) in [6.45, 7) is 0.577. The van der Waals surface area contributed by atoms with Crippen LogP contribution < -0.4 is 5.43 Å². The van der Waals surface area contributed by atoms with Gasteiger partial charge >= 0.3 is 11.9 Å². The molecule has 1 saturated heterocycles. The Morgan fingerprint density at radius 3 is 2.43 bits per heavy atom. The zero-order valence-corrected chi connectivity index (χ0v) is 7.80. The number of carboxylic acids is 1. The highest BCUT2D eigenvalue weighted by Gasteiger charge is 2.38. The van der Waals surface area contributed by atoms with Crippen molar-refractivity contribution < 1.29 is 18.7 Å². The van der Waals surface area contributed by atoms with Crippen molar-refractivity contribution in [3.8, 4) is 0 Å². The Morgan fingerprint density at radius 2 is 1.93 bits per heavy atom. The van der Waals surface area contributed by atoms with Crippen LogP contribution in [0.25, 0.3) is 0 Å². The van der Waals surface area contributed by atoms with E-state index in [-0.39, 0.29) is 0 Å². The van der Waals surface area contributed by atoms with Crippen molar-refractivity contribution >= 4 is 5.97 Å². The van der Waals surface area contributed by atoms with Crippen LogP contribution in [-0.4, -0.2) is 41.6 Å². The Balaban J connectivity index is 2.28. The summed E-state index contributed by atoms with van der Waals surface area (Å²) in [6, 6.07) is 0. The molecule has 4 nitrogen and oxygen atoms in total. The maximum absolute atomic E-state index is 12.6. The van der Waals surface area contributed by atoms with Crippen molar-refractivity contribution in [3.05, 3.63) is 0 Å². The Labute approximate surface area is 80.9 Å². The fraction of sp³-hybridized carbons (Fsp3) is 0.875. The van der Waals surface area contributed by atoms with Crippen LogP contribution in [0.1, 0.15) is 19.3 Å². The summed E-state index contributed by atoms with van der Waals surface area (Å²) >= 11 is 0. The van der Waals surface area contributed by atoms with Crippen molar-refractivity contribution in [1.29, 1.82) is 0 Å². The Bertz CT molecular complexity index is 206. The molecule has 0 amide bonds. The van der Waals surface area contributed by atoms with Crippen LogP contribution in [0.15, 0.2) is 0 Å². The van der Waals surface area contributed by atoms with Crippen LogP contribution >= 0.6 is 0 Å². The summed E-state index contributed by atoms with van der Waals surface area (Å²) in [5.41, 5.74) is 2.45. The van der Waals surface area contributed by atoms with Gasteiger partial charge < -0.3 is 5.11 Å². The fourth-order valence-corrected chi connectivity index (χ4v) is 1.34. The van der Waals surface area contributed by atoms with Gasteiger partial charge in [0.15, 0.2) is 0 Å². The molecule has 0 bridgehead atoms. The Kier molecular flexibility index (Phi) is 3.77. The van der Waals surface area contributed by atoms with E-state index in [1.807, 2.05) is 0 Å². The third-order valence-electron chi connectivity index (χ3n) is 2.19. The molecular weight excluding hydrogens is 194 g/mol. The molecule has 14 heavy (non-hydrogen) atoms. The zero-order chi connectivity index (χ0) is 10.6. The molecule has 2 N–H and O–H groups in total. The molecule has 1 rings (SSSR count). The predicted octanol–water partition coefficient (Wildman–Crippen LogP) is 0.697. The third-order valence-corrected chi connectivity index (χ3v) is 2.19. The largest absolute Gasteiger partial charge is 0.477 e. The SMILES string of the molecule is O=C(O)C(F)(F)CNN1CCCCC1. The molecule has 1 heterocycles. The van der Waals surface area contributed by atoms with Crippen LogP contribution in [0.5, 0.6) is 0 Å². The quantitative estimate of drug-likeness (QED) is 0.714. The van der Waals surface area contributed by atoms with Gasteiger partial charge in [-0.15, -0.1) is 0 Å². The van der Waals surface area contributed by atoms with Crippen molar-refractivity contribution in [2.75, 3.05) is 19.6 Å². The number of hydrogen-bond donors (Lipinski definition) is 2. The van der Waals surface area contributed by atoms with Gasteiger partial charge in [0.05, 0.1) is 6.54 Å². The van der Waals surface area contributed by atoms with Gasteiger partial charge in [-0.25, -0.2) is 15.2 Å². The lowest BCUT2D eigenvalue weighted by atomic mass is 10.2. The van der Waals surface area contributed by atoms with Crippen molar-refractivity contribution in [3.63, 3.8) is 0 Å². The lowest BCUT2D eigenvalue weighted by Gasteiger charge is -2.28. The minimum atomic E-state index is -3.68. The molecule has 0 unspecified atom stereocenters. The highest BCUT2D eigenvalue weighted by Crippen LogP contribution is 2.13. The second-order valence-corrected chi connectivity index (χ2v) is 3.39. The number of aliphatic carboxylic acids is 1. The second kappa shape index (κ2) is 4.65. The molecule has 1 fully saturated rings. The minimum Gasteiger partial charge on any atom is -0.477 e. The van der Waals surface area contributed by atoms with E-state index in [0.717, 1.165) is 19.3 Å². The average molecular weight is 208 g/mol. The van der Waals surface area contributed by atoms with Crippen LogP contribution in [0.4, 0.5) is 8.78 Å². The molecule has 0 aromatic heterocycles. The topological polar surface area (TPSA) is 52.6 Å². The van der Waals surface area contributed by atoms with Crippen LogP contribution in [-0.2, 0) is 4.79 Å². The molecule has 0 aromatic rings. The Hall–Kier alpha value is -0.750. The molecular formula is C8H14F2N2O2. The first-order chi connectivity index (χ1) is 6.52. The number of nitrogens with one attached hydrogen (secondary N) is 1. The monoisotopic (exact) mass is 208 g/mol. The summed E-state index contributed by atoms with van der Waals surface area (Å²) in [6.07, 6.45) is 3.03. The summed E-state index contributed by atoms with van der Waals surface area (Å²) in [4.78, 5) is 10.1. The molecule has 0 aliphatic carbocycles. The third kappa shape index (κ3) is 3.19. The van der Waals surface area contributed by atoms with Crippen LogP contribution in [0.3, 0.4) is 0 Å². The molecule has 0 radical (unpaired) electrons. The van der Waals surface area contributed by atoms with Crippen LogP contribution in [0, 0.1) is 0 Å². The minimum absolute atomic E-state index is 0.704. The standard InChI is InChI=1S/C8H14F2N2O2/c9-8(10,7(13)14)6-11-12-4-2-1-3-5-12/h11H,1-6H2,(H,13,14). The normalized spacial score (nSPS) is 19.6. The molecule has 0 spiro atoms. The molecule has 6 heteroatoms. The number of carboxylic acid groups (broad SMARTS) is 1. The number of hydrogen-bond acceptors (Lipinski definition) is 3. The number of piperidine rings is 1. The zero-order valence-electron chi connectivity index (χ0n) is 7.80. The van der Waals surface area contributed by atoms with Gasteiger partial charge in [-0.05, 0) is 12.8 Å². The summed E-state index contributed by atoms with van der Waals surface area (Å²) < 4.78 is 25.2. The lowest BCUT2D eigenvalue weighted by molar-refractivity contribution is -0.165. The summed E-state index contributed by atoms with van der Waals surface area (Å²) in [5, 5.41) is 9.82. The van der Waals surface area contributed by atoms with E-state index in [1.165, 1.54) is 0 Å². The molecule has 1 aliphatic heterocycles. The van der Waals surface area contributed by atoms with E-state index in [4.69, 9.17) is 5.11 Å². The van der Waals surface area contributed by atoms with E-state index in [9.17, 15) is 13.6 Å². The van der Waals surface area contributed by atoms with Crippen LogP contribution in [0.2, 0.25) is 0 Å². The van der Waals surface area contributed by atoms with Gasteiger partial charge in [0.1, 0.15) is 0 Å². The van der Waals surface area contributed by atoms with Gasteiger partial charge in [-0.3, -0.25) is 0 Å². The lowest BCUT2D eigenvalue weighted by Crippen LogP contribution is -2.49. The van der Waals surface area contributed by atoms with Crippen molar-refractivity contribution in [2.24, 2.45) is 0 Å². The first-order valence-electron chi connectivity index (χ1n) is 4.62. The first kappa shape index (κ1) is 11.3. The second-order valence-electron chi connectivity index (χ2n) is 3.39. The molecule has 82 valence electrons. The van der Waals surface area contributed by atoms with E-state index in [2.05, 4.69) is 5.43 Å². The van der Waals surface area contributed by atoms with Gasteiger partial charge in [0.2, 0.25) is 0 Å². The van der Waals surface area contributed by atoms with Gasteiger partial charge in [0, 0.05) is 13.1 Å². The fourth-order valence-electron chi connectivity index (χ4n) is 1.34. The molecule has 0 atom stereocenters. The van der Waals surface area contributed by atoms with E-state index in [1.54, 1.807) is 5.01 Å². The smallest absolute Gasteiger partial charge is 0.376 e.